The van der Waals surface area contributed by atoms with E-state index in [0.29, 0.717) is 36.8 Å². The minimum atomic E-state index is -1.33. The van der Waals surface area contributed by atoms with Gasteiger partial charge < -0.3 is 29.7 Å². The topological polar surface area (TPSA) is 156 Å². The highest BCUT2D eigenvalue weighted by molar-refractivity contribution is 5.98. The zero-order chi connectivity index (χ0) is 37.9. The lowest BCUT2D eigenvalue weighted by atomic mass is 9.70. The number of nitrogens with one attached hydrogen (secondary N) is 1. The summed E-state index contributed by atoms with van der Waals surface area (Å²) in [7, 11) is 0. The number of carbonyl (C=O) groups is 4. The van der Waals surface area contributed by atoms with E-state index >= 15 is 0 Å². The number of para-hydroxylation sites is 1. The van der Waals surface area contributed by atoms with Gasteiger partial charge in [-0.2, -0.15) is 0 Å². The van der Waals surface area contributed by atoms with Crippen LogP contribution in [0.15, 0.2) is 79.9 Å². The van der Waals surface area contributed by atoms with E-state index in [0.717, 1.165) is 5.52 Å². The van der Waals surface area contributed by atoms with Crippen LogP contribution in [-0.2, 0) is 35.3 Å². The Morgan fingerprint density at radius 3 is 2.55 bits per heavy atom. The Bertz CT molecular complexity index is 1830. The van der Waals surface area contributed by atoms with Gasteiger partial charge in [0.15, 0.2) is 0 Å². The molecule has 0 unspecified atom stereocenters. The van der Waals surface area contributed by atoms with Crippen LogP contribution < -0.4 is 5.32 Å². The van der Waals surface area contributed by atoms with E-state index < -0.39 is 65.6 Å². The van der Waals surface area contributed by atoms with Crippen LogP contribution in [0.2, 0.25) is 0 Å². The summed E-state index contributed by atoms with van der Waals surface area (Å²) in [5, 5.41) is 22.2. The first-order chi connectivity index (χ1) is 25.5. The third-order valence-corrected chi connectivity index (χ3v) is 10.8. The molecule has 2 bridgehead atoms. The number of benzene rings is 2. The number of allylic oxidation sites excluding steroid dienone is 1. The van der Waals surface area contributed by atoms with E-state index in [2.05, 4.69) is 28.8 Å². The molecule has 8 atom stereocenters. The predicted molar refractivity (Wildman–Crippen MR) is 197 cm³/mol. The molecule has 13 heteroatoms. The van der Waals surface area contributed by atoms with Crippen molar-refractivity contribution in [2.75, 3.05) is 13.2 Å². The first-order valence-corrected chi connectivity index (χ1v) is 18.5. The molecule has 282 valence electrons. The second-order valence-corrected chi connectivity index (χ2v) is 14.8. The van der Waals surface area contributed by atoms with E-state index in [1.165, 1.54) is 4.90 Å². The summed E-state index contributed by atoms with van der Waals surface area (Å²) in [6.07, 6.45) is 3.74. The third-order valence-electron chi connectivity index (χ3n) is 10.8. The molecular weight excluding hydrogens is 676 g/mol. The van der Waals surface area contributed by atoms with Gasteiger partial charge in [0, 0.05) is 13.0 Å². The standard InChI is InChI=1S/C40H50N6O7/c1-6-8-18-32(48)41-26(5)35(27-14-10-9-11-15-27)52-39(51)33-31-19-20-40(53-31)34(33)37(49)46(28(23-47)22-25(3)4)36(40)38(50)44(21-7-2)24-45-30-17-13-12-16-29(30)42-43-45/h6-7,9-17,25-26,28,31,33-36,47H,1-2,8,18-24H2,3-5H3,(H,41,48)/t26-,28-,31-,33+,34+,35-,36-,40+/m1/s1. The third kappa shape index (κ3) is 7.24. The highest BCUT2D eigenvalue weighted by Gasteiger charge is 2.75. The van der Waals surface area contributed by atoms with Gasteiger partial charge in [-0.3, -0.25) is 19.2 Å². The Morgan fingerprint density at radius 2 is 1.85 bits per heavy atom. The number of aliphatic hydroxyl groups is 1. The Labute approximate surface area is 310 Å². The van der Waals surface area contributed by atoms with E-state index in [-0.39, 0.29) is 38.1 Å². The van der Waals surface area contributed by atoms with Crippen LogP contribution in [0, 0.1) is 17.8 Å². The van der Waals surface area contributed by atoms with Crippen molar-refractivity contribution < 1.29 is 33.8 Å². The minimum absolute atomic E-state index is 0.0304. The van der Waals surface area contributed by atoms with Crippen LogP contribution in [0.25, 0.3) is 11.0 Å². The van der Waals surface area contributed by atoms with Crippen LogP contribution in [0.4, 0.5) is 0 Å². The van der Waals surface area contributed by atoms with Crippen molar-refractivity contribution >= 4 is 34.7 Å². The van der Waals surface area contributed by atoms with Crippen LogP contribution in [0.3, 0.4) is 0 Å². The largest absolute Gasteiger partial charge is 0.455 e. The maximum Gasteiger partial charge on any atom is 0.313 e. The molecule has 3 saturated heterocycles. The summed E-state index contributed by atoms with van der Waals surface area (Å²) in [5.41, 5.74) is 0.758. The smallest absolute Gasteiger partial charge is 0.313 e. The van der Waals surface area contributed by atoms with Crippen molar-refractivity contribution in [2.45, 2.75) is 95.5 Å². The lowest BCUT2D eigenvalue weighted by molar-refractivity contribution is -0.163. The molecule has 3 amide bonds. The summed E-state index contributed by atoms with van der Waals surface area (Å²) in [6.45, 7) is 13.1. The SMILES string of the molecule is C=CCCC(=O)N[C@H](C)[C@@H](OC(=O)[C@@H]1[C@H]2C(=O)N([C@@H](CO)CC(C)C)[C@H](C(=O)N(CC=C)Cn3nnc4ccccc43)[C@]23CC[C@H]1O3)c1ccccc1. The summed E-state index contributed by atoms with van der Waals surface area (Å²) in [5.74, 6) is -3.58. The zero-order valence-corrected chi connectivity index (χ0v) is 30.7. The molecule has 6 rings (SSSR count). The fourth-order valence-electron chi connectivity index (χ4n) is 8.52. The van der Waals surface area contributed by atoms with Crippen molar-refractivity contribution in [3.63, 3.8) is 0 Å². The molecule has 53 heavy (non-hydrogen) atoms. The number of ether oxygens (including phenoxy) is 2. The molecular formula is C40H50N6O7. The van der Waals surface area contributed by atoms with Gasteiger partial charge in [-0.05, 0) is 56.2 Å². The minimum Gasteiger partial charge on any atom is -0.455 e. The van der Waals surface area contributed by atoms with Gasteiger partial charge in [0.2, 0.25) is 17.7 Å². The lowest BCUT2D eigenvalue weighted by Crippen LogP contribution is -2.59. The van der Waals surface area contributed by atoms with Crippen molar-refractivity contribution in [3.8, 4) is 0 Å². The normalized spacial score (nSPS) is 24.8. The van der Waals surface area contributed by atoms with Crippen LogP contribution in [0.5, 0.6) is 0 Å². The van der Waals surface area contributed by atoms with Crippen molar-refractivity contribution in [3.05, 3.63) is 85.5 Å². The Hall–Kier alpha value is -4.88. The lowest BCUT2D eigenvalue weighted by Gasteiger charge is -2.39. The van der Waals surface area contributed by atoms with Crippen LogP contribution in [-0.4, -0.2) is 96.6 Å². The van der Waals surface area contributed by atoms with Gasteiger partial charge in [0.1, 0.15) is 29.9 Å². The number of hydrogen-bond acceptors (Lipinski definition) is 9. The van der Waals surface area contributed by atoms with Crippen molar-refractivity contribution in [2.24, 2.45) is 17.8 Å². The second-order valence-electron chi connectivity index (χ2n) is 14.8. The zero-order valence-electron chi connectivity index (χ0n) is 30.7. The molecule has 3 fully saturated rings. The number of likely N-dealkylation sites (tertiary alicyclic amines) is 1. The molecule has 3 aliphatic rings. The average molecular weight is 727 g/mol. The maximum absolute atomic E-state index is 15.0. The molecule has 0 radical (unpaired) electrons. The number of fused-ring (bicyclic) bond motifs is 2. The van der Waals surface area contributed by atoms with E-state index in [1.807, 2.05) is 68.4 Å². The first-order valence-electron chi connectivity index (χ1n) is 18.5. The van der Waals surface area contributed by atoms with Gasteiger partial charge in [0.25, 0.3) is 0 Å². The summed E-state index contributed by atoms with van der Waals surface area (Å²) in [6, 6.07) is 14.2. The summed E-state index contributed by atoms with van der Waals surface area (Å²) >= 11 is 0. The average Bonchev–Trinajstić information content (AvgIpc) is 3.91. The van der Waals surface area contributed by atoms with E-state index in [9.17, 15) is 24.3 Å². The highest BCUT2D eigenvalue weighted by Crippen LogP contribution is 2.59. The molecule has 0 saturated carbocycles. The number of amides is 3. The van der Waals surface area contributed by atoms with Crippen LogP contribution in [0.1, 0.15) is 64.5 Å². The highest BCUT2D eigenvalue weighted by atomic mass is 16.6. The van der Waals surface area contributed by atoms with Gasteiger partial charge in [-0.25, -0.2) is 4.68 Å². The molecule has 1 aromatic heterocycles. The van der Waals surface area contributed by atoms with Crippen molar-refractivity contribution in [1.82, 2.24) is 30.1 Å². The first kappa shape index (κ1) is 37.9. The number of esters is 1. The number of aromatic nitrogens is 3. The molecule has 2 N–H and O–H groups in total. The molecule has 13 nitrogen and oxygen atoms in total. The molecule has 1 spiro atoms. The fraction of sp³-hybridized carbons (Fsp3) is 0.500. The van der Waals surface area contributed by atoms with Crippen molar-refractivity contribution in [1.29, 1.82) is 0 Å². The second kappa shape index (κ2) is 16.0. The summed E-state index contributed by atoms with van der Waals surface area (Å²) in [4.78, 5) is 60.1. The predicted octanol–water partition coefficient (Wildman–Crippen LogP) is 3.94. The Kier molecular flexibility index (Phi) is 11.4. The molecule has 4 heterocycles. The number of rotatable bonds is 17. The van der Waals surface area contributed by atoms with E-state index in [4.69, 9.17) is 9.47 Å². The fourth-order valence-corrected chi connectivity index (χ4v) is 8.52. The number of nitrogens with zero attached hydrogens (tertiary/aromatic N) is 5. The molecule has 3 aliphatic heterocycles. The maximum atomic E-state index is 15.0. The molecule has 2 aromatic carbocycles. The van der Waals surface area contributed by atoms with E-state index in [1.54, 1.807) is 28.7 Å². The summed E-state index contributed by atoms with van der Waals surface area (Å²) < 4.78 is 14.6. The Morgan fingerprint density at radius 1 is 1.11 bits per heavy atom. The number of carbonyl (C=O) groups excluding carboxylic acids is 4. The van der Waals surface area contributed by atoms with Crippen LogP contribution >= 0.6 is 0 Å². The number of aliphatic hydroxyl groups excluding tert-OH is 1. The quantitative estimate of drug-likeness (QED) is 0.155. The monoisotopic (exact) mass is 726 g/mol. The Balaban J connectivity index is 1.34. The van der Waals surface area contributed by atoms with Gasteiger partial charge >= 0.3 is 5.97 Å². The molecule has 0 aliphatic carbocycles. The van der Waals surface area contributed by atoms with Gasteiger partial charge in [-0.15, -0.1) is 18.3 Å². The molecule has 3 aromatic rings. The number of hydrogen-bond donors (Lipinski definition) is 2. The van der Waals surface area contributed by atoms with Gasteiger partial charge in [-0.1, -0.05) is 73.7 Å². The van der Waals surface area contributed by atoms with Gasteiger partial charge in [0.05, 0.1) is 42.1 Å².